The summed E-state index contributed by atoms with van der Waals surface area (Å²) in [4.78, 5) is 29.4. The van der Waals surface area contributed by atoms with Crippen molar-refractivity contribution in [2.45, 2.75) is 11.6 Å². The molecule has 0 aliphatic heterocycles. The lowest BCUT2D eigenvalue weighted by molar-refractivity contribution is -0.116. The lowest BCUT2D eigenvalue weighted by Gasteiger charge is -2.03. The van der Waals surface area contributed by atoms with E-state index in [4.69, 9.17) is 17.3 Å². The highest BCUT2D eigenvalue weighted by Crippen LogP contribution is 2.18. The van der Waals surface area contributed by atoms with Crippen LogP contribution in [0.25, 0.3) is 0 Å². The summed E-state index contributed by atoms with van der Waals surface area (Å²) >= 11 is 6.73. The summed E-state index contributed by atoms with van der Waals surface area (Å²) in [6, 6.07) is 5.30. The second-order valence-corrected chi connectivity index (χ2v) is 5.60. The van der Waals surface area contributed by atoms with E-state index in [1.165, 1.54) is 18.2 Å². The van der Waals surface area contributed by atoms with Crippen LogP contribution in [0.4, 0.5) is 10.2 Å². The number of halogens is 2. The molecule has 110 valence electrons. The fourth-order valence-electron chi connectivity index (χ4n) is 1.60. The lowest BCUT2D eigenvalue weighted by Crippen LogP contribution is -2.11. The molecular weight excluding hydrogens is 317 g/mol. The molecule has 0 atom stereocenters. The molecule has 0 fully saturated rings. The SMILES string of the molecule is Nc1cc(=O)[nH]c(SCC(=O)Cc2ccc(F)c(Cl)c2)n1. The van der Waals surface area contributed by atoms with E-state index < -0.39 is 5.82 Å². The van der Waals surface area contributed by atoms with Gasteiger partial charge in [0.1, 0.15) is 17.4 Å². The van der Waals surface area contributed by atoms with Crippen LogP contribution in [0.2, 0.25) is 5.02 Å². The number of carbonyl (C=O) groups excluding carboxylic acids is 1. The zero-order chi connectivity index (χ0) is 15.4. The summed E-state index contributed by atoms with van der Waals surface area (Å²) in [5.74, 6) is -0.419. The van der Waals surface area contributed by atoms with Gasteiger partial charge in [0.25, 0.3) is 5.56 Å². The number of H-pyrrole nitrogens is 1. The molecule has 1 heterocycles. The first-order valence-corrected chi connectivity index (χ1v) is 7.25. The fourth-order valence-corrected chi connectivity index (χ4v) is 2.54. The van der Waals surface area contributed by atoms with E-state index in [-0.39, 0.29) is 39.5 Å². The Kier molecular flexibility index (Phi) is 4.98. The second-order valence-electron chi connectivity index (χ2n) is 4.23. The van der Waals surface area contributed by atoms with Crippen molar-refractivity contribution in [2.75, 3.05) is 11.5 Å². The van der Waals surface area contributed by atoms with E-state index in [0.29, 0.717) is 5.56 Å². The molecule has 3 N–H and O–H groups in total. The van der Waals surface area contributed by atoms with Gasteiger partial charge in [-0.05, 0) is 17.7 Å². The minimum atomic E-state index is -0.524. The summed E-state index contributed by atoms with van der Waals surface area (Å²) in [5, 5.41) is 0.264. The molecule has 5 nitrogen and oxygen atoms in total. The maximum atomic E-state index is 13.0. The molecule has 21 heavy (non-hydrogen) atoms. The van der Waals surface area contributed by atoms with Crippen molar-refractivity contribution < 1.29 is 9.18 Å². The average Bonchev–Trinajstić information content (AvgIpc) is 2.40. The molecule has 0 radical (unpaired) electrons. The number of hydrogen-bond donors (Lipinski definition) is 2. The second kappa shape index (κ2) is 6.73. The van der Waals surface area contributed by atoms with Gasteiger partial charge in [0, 0.05) is 12.5 Å². The van der Waals surface area contributed by atoms with Crippen LogP contribution in [0, 0.1) is 5.82 Å². The monoisotopic (exact) mass is 327 g/mol. The van der Waals surface area contributed by atoms with Crippen LogP contribution in [-0.2, 0) is 11.2 Å². The summed E-state index contributed by atoms with van der Waals surface area (Å²) < 4.78 is 13.0. The first-order chi connectivity index (χ1) is 9.94. The Morgan fingerprint density at radius 1 is 1.43 bits per heavy atom. The molecular formula is C13H11ClFN3O2S. The van der Waals surface area contributed by atoms with Gasteiger partial charge in [0.2, 0.25) is 0 Å². The van der Waals surface area contributed by atoms with Gasteiger partial charge in [-0.15, -0.1) is 0 Å². The van der Waals surface area contributed by atoms with Gasteiger partial charge in [0.15, 0.2) is 5.16 Å². The number of nitrogen functional groups attached to an aromatic ring is 1. The van der Waals surface area contributed by atoms with Crippen molar-refractivity contribution >= 4 is 35.0 Å². The van der Waals surface area contributed by atoms with Crippen molar-refractivity contribution in [3.05, 3.63) is 51.0 Å². The number of thioether (sulfide) groups is 1. The zero-order valence-corrected chi connectivity index (χ0v) is 12.3. The number of ketones is 1. The van der Waals surface area contributed by atoms with Crippen LogP contribution in [0.1, 0.15) is 5.56 Å². The highest BCUT2D eigenvalue weighted by molar-refractivity contribution is 7.99. The van der Waals surface area contributed by atoms with Crippen LogP contribution in [0.3, 0.4) is 0 Å². The van der Waals surface area contributed by atoms with Crippen LogP contribution in [0.15, 0.2) is 34.2 Å². The standard InChI is InChI=1S/C13H11ClFN3O2S/c14-9-4-7(1-2-10(9)15)3-8(19)6-21-13-17-11(16)5-12(20)18-13/h1-2,4-5H,3,6H2,(H3,16,17,18,20). The number of carbonyl (C=O) groups is 1. The molecule has 0 saturated carbocycles. The van der Waals surface area contributed by atoms with E-state index in [1.807, 2.05) is 0 Å². The molecule has 8 heteroatoms. The highest BCUT2D eigenvalue weighted by atomic mass is 35.5. The smallest absolute Gasteiger partial charge is 0.253 e. The predicted molar refractivity (Wildman–Crippen MR) is 80.1 cm³/mol. The number of aromatic amines is 1. The highest BCUT2D eigenvalue weighted by Gasteiger charge is 2.09. The number of hydrogen-bond acceptors (Lipinski definition) is 5. The largest absolute Gasteiger partial charge is 0.383 e. The first-order valence-electron chi connectivity index (χ1n) is 5.89. The Morgan fingerprint density at radius 3 is 2.86 bits per heavy atom. The Hall–Kier alpha value is -1.86. The van der Waals surface area contributed by atoms with Gasteiger partial charge in [-0.2, -0.15) is 0 Å². The van der Waals surface area contributed by atoms with Gasteiger partial charge in [0.05, 0.1) is 10.8 Å². The minimum absolute atomic E-state index is 0.0187. The number of nitrogens with two attached hydrogens (primary N) is 1. The third kappa shape index (κ3) is 4.57. The maximum Gasteiger partial charge on any atom is 0.253 e. The van der Waals surface area contributed by atoms with Crippen LogP contribution in [-0.4, -0.2) is 21.5 Å². The number of anilines is 1. The molecule has 0 aliphatic rings. The Labute approximate surface area is 128 Å². The molecule has 0 saturated heterocycles. The molecule has 1 aromatic heterocycles. The molecule has 0 bridgehead atoms. The van der Waals surface area contributed by atoms with Crippen molar-refractivity contribution in [2.24, 2.45) is 0 Å². The number of nitrogens with zero attached hydrogens (tertiary/aromatic N) is 1. The average molecular weight is 328 g/mol. The number of nitrogens with one attached hydrogen (secondary N) is 1. The molecule has 2 aromatic rings. The fraction of sp³-hybridized carbons (Fsp3) is 0.154. The molecule has 1 aromatic carbocycles. The molecule has 0 unspecified atom stereocenters. The van der Waals surface area contributed by atoms with Crippen LogP contribution in [0.5, 0.6) is 0 Å². The lowest BCUT2D eigenvalue weighted by atomic mass is 10.1. The predicted octanol–water partition coefficient (Wildman–Crippen LogP) is 2.05. The van der Waals surface area contributed by atoms with Crippen molar-refractivity contribution in [3.8, 4) is 0 Å². The third-order valence-corrected chi connectivity index (χ3v) is 3.72. The molecule has 0 aliphatic carbocycles. The van der Waals surface area contributed by atoms with E-state index in [2.05, 4.69) is 9.97 Å². The Balaban J connectivity index is 1.95. The first kappa shape index (κ1) is 15.5. The topological polar surface area (TPSA) is 88.8 Å². The summed E-state index contributed by atoms with van der Waals surface area (Å²) in [6.07, 6.45) is 0.125. The number of rotatable bonds is 5. The third-order valence-electron chi connectivity index (χ3n) is 2.49. The van der Waals surface area contributed by atoms with Gasteiger partial charge < -0.3 is 10.7 Å². The summed E-state index contributed by atoms with van der Waals surface area (Å²) in [7, 11) is 0. The van der Waals surface area contributed by atoms with Crippen molar-refractivity contribution in [3.63, 3.8) is 0 Å². The molecule has 2 rings (SSSR count). The molecule has 0 spiro atoms. The van der Waals surface area contributed by atoms with Crippen molar-refractivity contribution in [1.82, 2.24) is 9.97 Å². The van der Waals surface area contributed by atoms with E-state index in [0.717, 1.165) is 17.8 Å². The maximum absolute atomic E-state index is 13.0. The summed E-state index contributed by atoms with van der Waals surface area (Å²) in [6.45, 7) is 0. The Morgan fingerprint density at radius 2 is 2.19 bits per heavy atom. The Bertz CT molecular complexity index is 736. The summed E-state index contributed by atoms with van der Waals surface area (Å²) in [5.41, 5.74) is 5.69. The minimum Gasteiger partial charge on any atom is -0.383 e. The normalized spacial score (nSPS) is 10.6. The van der Waals surface area contributed by atoms with Gasteiger partial charge in [-0.25, -0.2) is 9.37 Å². The van der Waals surface area contributed by atoms with E-state index in [9.17, 15) is 14.0 Å². The zero-order valence-electron chi connectivity index (χ0n) is 10.7. The van der Waals surface area contributed by atoms with Gasteiger partial charge in [-0.1, -0.05) is 29.4 Å². The van der Waals surface area contributed by atoms with E-state index >= 15 is 0 Å². The number of benzene rings is 1. The quantitative estimate of drug-likeness (QED) is 0.648. The van der Waals surface area contributed by atoms with Gasteiger partial charge >= 0.3 is 0 Å². The van der Waals surface area contributed by atoms with Crippen LogP contribution < -0.4 is 11.3 Å². The van der Waals surface area contributed by atoms with Gasteiger partial charge in [-0.3, -0.25) is 9.59 Å². The van der Waals surface area contributed by atoms with E-state index in [1.54, 1.807) is 0 Å². The molecule has 0 amide bonds. The number of Topliss-reactive ketones (excluding diaryl/α,β-unsaturated/α-hetero) is 1. The van der Waals surface area contributed by atoms with Crippen molar-refractivity contribution in [1.29, 1.82) is 0 Å². The van der Waals surface area contributed by atoms with Crippen LogP contribution >= 0.6 is 23.4 Å². The number of aromatic nitrogens is 2.